The molecule has 2 aromatic carbocycles. The number of aryl methyl sites for hydroxylation is 1. The molecule has 170 valence electrons. The first-order valence-electron chi connectivity index (χ1n) is 11.6. The zero-order valence-corrected chi connectivity index (χ0v) is 19.0. The fraction of sp³-hybridized carbons (Fsp3) is 0.321. The van der Waals surface area contributed by atoms with Crippen molar-refractivity contribution in [2.75, 3.05) is 5.32 Å². The zero-order chi connectivity index (χ0) is 23.2. The van der Waals surface area contributed by atoms with Gasteiger partial charge >= 0.3 is 5.97 Å². The third kappa shape index (κ3) is 5.48. The Bertz CT molecular complexity index is 1100. The average Bonchev–Trinajstić information content (AvgIpc) is 3.35. The molecular formula is C28H30N2O3. The molecular weight excluding hydrogens is 412 g/mol. The topological polar surface area (TPSA) is 79.3 Å². The number of hydrogen-bond acceptors (Lipinski definition) is 3. The van der Waals surface area contributed by atoms with Crippen molar-refractivity contribution >= 4 is 17.6 Å². The van der Waals surface area contributed by atoms with Crippen LogP contribution < -0.4 is 5.32 Å². The van der Waals surface area contributed by atoms with Gasteiger partial charge in [0.2, 0.25) is 5.91 Å². The minimum atomic E-state index is -0.820. The van der Waals surface area contributed by atoms with Crippen LogP contribution in [0.4, 0.5) is 5.69 Å². The Labute approximate surface area is 194 Å². The maximum absolute atomic E-state index is 13.6. The lowest BCUT2D eigenvalue weighted by Crippen LogP contribution is -2.27. The molecule has 5 nitrogen and oxygen atoms in total. The third-order valence-corrected chi connectivity index (χ3v) is 6.73. The van der Waals surface area contributed by atoms with Gasteiger partial charge in [0.25, 0.3) is 0 Å². The number of aromatic nitrogens is 1. The first-order valence-corrected chi connectivity index (χ1v) is 11.6. The van der Waals surface area contributed by atoms with Crippen molar-refractivity contribution in [3.63, 3.8) is 0 Å². The first kappa shape index (κ1) is 22.7. The van der Waals surface area contributed by atoms with Crippen LogP contribution in [0.25, 0.3) is 11.1 Å². The number of hydrogen-bond donors (Lipinski definition) is 2. The van der Waals surface area contributed by atoms with Crippen LogP contribution in [-0.2, 0) is 16.0 Å². The van der Waals surface area contributed by atoms with Gasteiger partial charge in [-0.3, -0.25) is 14.6 Å². The molecule has 0 aliphatic heterocycles. The van der Waals surface area contributed by atoms with Crippen molar-refractivity contribution in [2.24, 2.45) is 5.92 Å². The predicted octanol–water partition coefficient (Wildman–Crippen LogP) is 5.99. The summed E-state index contributed by atoms with van der Waals surface area (Å²) in [6, 6.07) is 17.9. The quantitative estimate of drug-likeness (QED) is 0.449. The summed E-state index contributed by atoms with van der Waals surface area (Å²) in [6.45, 7) is 1.94. The van der Waals surface area contributed by atoms with Crippen LogP contribution in [0.1, 0.15) is 54.7 Å². The van der Waals surface area contributed by atoms with Crippen molar-refractivity contribution in [3.8, 4) is 11.1 Å². The van der Waals surface area contributed by atoms with Crippen LogP contribution in [0, 0.1) is 12.8 Å². The lowest BCUT2D eigenvalue weighted by atomic mass is 9.83. The molecule has 1 heterocycles. The average molecular weight is 443 g/mol. The second-order valence-electron chi connectivity index (χ2n) is 8.86. The summed E-state index contributed by atoms with van der Waals surface area (Å²) in [5.74, 6) is -0.698. The molecule has 0 radical (unpaired) electrons. The molecule has 3 aromatic rings. The standard InChI is InChI=1S/C28H30N2O3/c1-19-20(15-16-26(31)32)8-4-10-25(19)30-28(33)27(22-6-2-3-7-22)23-13-11-21(12-14-23)24-9-5-17-29-18-24/h4-5,8-14,17-18,22,27H,2-3,6-7,15-16H2,1H3,(H,30,33)(H,31,32). The fourth-order valence-corrected chi connectivity index (χ4v) is 4.89. The summed E-state index contributed by atoms with van der Waals surface area (Å²) in [6.07, 6.45) is 8.56. The van der Waals surface area contributed by atoms with E-state index in [1.807, 2.05) is 43.5 Å². The van der Waals surface area contributed by atoms with E-state index in [1.54, 1.807) is 6.20 Å². The highest BCUT2D eigenvalue weighted by atomic mass is 16.4. The number of aliphatic carboxylic acids is 1. The van der Waals surface area contributed by atoms with Crippen molar-refractivity contribution in [1.82, 2.24) is 4.98 Å². The van der Waals surface area contributed by atoms with E-state index >= 15 is 0 Å². The number of nitrogens with zero attached hydrogens (tertiary/aromatic N) is 1. The van der Waals surface area contributed by atoms with Gasteiger partial charge in [0, 0.05) is 24.5 Å². The van der Waals surface area contributed by atoms with Crippen molar-refractivity contribution < 1.29 is 14.7 Å². The Balaban J connectivity index is 1.57. The van der Waals surface area contributed by atoms with E-state index in [-0.39, 0.29) is 18.2 Å². The van der Waals surface area contributed by atoms with Gasteiger partial charge in [-0.25, -0.2) is 0 Å². The Morgan fingerprint density at radius 3 is 2.45 bits per heavy atom. The third-order valence-electron chi connectivity index (χ3n) is 6.73. The van der Waals surface area contributed by atoms with Crippen molar-refractivity contribution in [2.45, 2.75) is 51.4 Å². The Morgan fingerprint density at radius 2 is 1.79 bits per heavy atom. The summed E-state index contributed by atoms with van der Waals surface area (Å²) >= 11 is 0. The smallest absolute Gasteiger partial charge is 0.303 e. The number of carbonyl (C=O) groups excluding carboxylic acids is 1. The SMILES string of the molecule is Cc1c(CCC(=O)O)cccc1NC(=O)C(c1ccc(-c2cccnc2)cc1)C1CCCC1. The van der Waals surface area contributed by atoms with Crippen molar-refractivity contribution in [3.05, 3.63) is 83.7 Å². The van der Waals surface area contributed by atoms with Crippen molar-refractivity contribution in [1.29, 1.82) is 0 Å². The van der Waals surface area contributed by atoms with Crippen LogP contribution >= 0.6 is 0 Å². The maximum atomic E-state index is 13.6. The van der Waals surface area contributed by atoms with Gasteiger partial charge in [0.15, 0.2) is 0 Å². The molecule has 1 saturated carbocycles. The second kappa shape index (κ2) is 10.4. The number of pyridine rings is 1. The molecule has 1 fully saturated rings. The van der Waals surface area contributed by atoms with E-state index in [0.717, 1.165) is 59.2 Å². The minimum absolute atomic E-state index is 0.00881. The van der Waals surface area contributed by atoms with Gasteiger partial charge in [-0.05, 0) is 72.1 Å². The maximum Gasteiger partial charge on any atom is 0.303 e. The molecule has 0 saturated heterocycles. The highest BCUT2D eigenvalue weighted by Crippen LogP contribution is 2.39. The number of amides is 1. The van der Waals surface area contributed by atoms with E-state index < -0.39 is 5.97 Å². The largest absolute Gasteiger partial charge is 0.481 e. The van der Waals surface area contributed by atoms with Gasteiger partial charge in [0.1, 0.15) is 0 Å². The number of rotatable bonds is 8. The Hall–Kier alpha value is -3.47. The summed E-state index contributed by atoms with van der Waals surface area (Å²) in [5, 5.41) is 12.2. The molecule has 1 aliphatic rings. The molecule has 1 aromatic heterocycles. The van der Waals surface area contributed by atoms with Gasteiger partial charge in [0.05, 0.1) is 5.92 Å². The molecule has 0 bridgehead atoms. The normalized spacial score (nSPS) is 14.7. The van der Waals surface area contributed by atoms with E-state index in [2.05, 4.69) is 34.6 Å². The molecule has 5 heteroatoms. The van der Waals surface area contributed by atoms with Crippen LogP contribution in [-0.4, -0.2) is 22.0 Å². The highest BCUT2D eigenvalue weighted by molar-refractivity contribution is 5.97. The molecule has 1 amide bonds. The number of nitrogens with one attached hydrogen (secondary N) is 1. The van der Waals surface area contributed by atoms with Crippen LogP contribution in [0.15, 0.2) is 67.0 Å². The van der Waals surface area contributed by atoms with Crippen LogP contribution in [0.2, 0.25) is 0 Å². The number of carboxylic acid groups (broad SMARTS) is 1. The number of carbonyl (C=O) groups is 2. The molecule has 2 N–H and O–H groups in total. The second-order valence-corrected chi connectivity index (χ2v) is 8.86. The molecule has 0 spiro atoms. The number of carboxylic acids is 1. The minimum Gasteiger partial charge on any atom is -0.481 e. The lowest BCUT2D eigenvalue weighted by molar-refractivity contribution is -0.137. The van der Waals surface area contributed by atoms with E-state index in [1.165, 1.54) is 0 Å². The van der Waals surface area contributed by atoms with Crippen LogP contribution in [0.5, 0.6) is 0 Å². The van der Waals surface area contributed by atoms with Gasteiger partial charge in [-0.1, -0.05) is 55.3 Å². The molecule has 1 atom stereocenters. The van der Waals surface area contributed by atoms with Gasteiger partial charge < -0.3 is 10.4 Å². The van der Waals surface area contributed by atoms with Gasteiger partial charge in [-0.2, -0.15) is 0 Å². The van der Waals surface area contributed by atoms with E-state index in [9.17, 15) is 9.59 Å². The van der Waals surface area contributed by atoms with E-state index in [0.29, 0.717) is 12.3 Å². The number of benzene rings is 2. The summed E-state index contributed by atoms with van der Waals surface area (Å²) in [4.78, 5) is 28.7. The Kier molecular flexibility index (Phi) is 7.18. The Morgan fingerprint density at radius 1 is 1.03 bits per heavy atom. The highest BCUT2D eigenvalue weighted by Gasteiger charge is 2.32. The molecule has 4 rings (SSSR count). The number of anilines is 1. The first-order chi connectivity index (χ1) is 16.0. The predicted molar refractivity (Wildman–Crippen MR) is 130 cm³/mol. The summed E-state index contributed by atoms with van der Waals surface area (Å²) < 4.78 is 0. The summed E-state index contributed by atoms with van der Waals surface area (Å²) in [5.41, 5.74) is 5.82. The van der Waals surface area contributed by atoms with Crippen LogP contribution in [0.3, 0.4) is 0 Å². The summed E-state index contributed by atoms with van der Waals surface area (Å²) in [7, 11) is 0. The monoisotopic (exact) mass is 442 g/mol. The molecule has 1 aliphatic carbocycles. The van der Waals surface area contributed by atoms with Gasteiger partial charge in [-0.15, -0.1) is 0 Å². The lowest BCUT2D eigenvalue weighted by Gasteiger charge is -2.24. The van der Waals surface area contributed by atoms with E-state index in [4.69, 9.17) is 5.11 Å². The molecule has 1 unspecified atom stereocenters. The fourth-order valence-electron chi connectivity index (χ4n) is 4.89. The zero-order valence-electron chi connectivity index (χ0n) is 19.0. The molecule has 33 heavy (non-hydrogen) atoms.